The summed E-state index contributed by atoms with van der Waals surface area (Å²) < 4.78 is 69.1. The molecule has 19 heteroatoms. The van der Waals surface area contributed by atoms with Crippen LogP contribution < -0.4 is 0 Å². The number of carbonyl (C=O) groups excluding carboxylic acids is 4. The van der Waals surface area contributed by atoms with Gasteiger partial charge in [-0.05, 0) is 43.4 Å². The number of phosphoric acid groups is 2. The van der Waals surface area contributed by atoms with Crippen molar-refractivity contribution in [3.8, 4) is 0 Å². The van der Waals surface area contributed by atoms with E-state index in [2.05, 4.69) is 48.5 Å². The molecule has 0 heterocycles. The summed E-state index contributed by atoms with van der Waals surface area (Å²) in [4.78, 5) is 73.4. The standard InChI is InChI=1S/C93H182O17P2/c1-8-10-11-12-13-14-15-16-17-18-19-20-28-33-38-43-48-53-63-70-77-93(98)110-89(81-104-91(96)75-68-61-56-55-58-65-72-85(5)6)83-108-112(101,102)106-79-87(94)78-105-111(99,100)107-82-88(80-103-90(95)74-67-60-52-47-42-37-32-27-23-21-25-30-35-40-45-50-57-64-71-84(3)4)109-92(97)76-69-62-54-49-44-39-34-29-24-22-26-31-36-41-46-51-59-66-73-86(7)9-2/h84-89,94H,8-83H2,1-7H3,(H,99,100)(H,101,102)/t86?,87-,88-,89-/m1/s1. The summed E-state index contributed by atoms with van der Waals surface area (Å²) >= 11 is 0. The third kappa shape index (κ3) is 84.5. The molecular formula is C93H182O17P2. The van der Waals surface area contributed by atoms with Gasteiger partial charge in [0.05, 0.1) is 26.4 Å². The average Bonchev–Trinajstić information content (AvgIpc) is 0.900. The van der Waals surface area contributed by atoms with Gasteiger partial charge < -0.3 is 33.8 Å². The molecule has 0 radical (unpaired) electrons. The van der Waals surface area contributed by atoms with Crippen LogP contribution in [0.1, 0.15) is 498 Å². The van der Waals surface area contributed by atoms with Crippen LogP contribution in [0, 0.1) is 17.8 Å². The molecule has 0 spiro atoms. The Balaban J connectivity index is 5.19. The zero-order valence-corrected chi connectivity index (χ0v) is 75.9. The quantitative estimate of drug-likeness (QED) is 0.0222. The van der Waals surface area contributed by atoms with Gasteiger partial charge in [-0.2, -0.15) is 0 Å². The molecule has 3 N–H and O–H groups in total. The molecule has 6 atom stereocenters. The van der Waals surface area contributed by atoms with Crippen LogP contribution >= 0.6 is 15.6 Å². The molecule has 0 bridgehead atoms. The van der Waals surface area contributed by atoms with E-state index < -0.39 is 97.5 Å². The highest BCUT2D eigenvalue weighted by molar-refractivity contribution is 7.47. The maximum absolute atomic E-state index is 13.2. The van der Waals surface area contributed by atoms with Crippen molar-refractivity contribution in [2.45, 2.75) is 516 Å². The Kier molecular flexibility index (Phi) is 81.3. The smallest absolute Gasteiger partial charge is 0.462 e. The largest absolute Gasteiger partial charge is 0.472 e. The molecule has 0 saturated heterocycles. The zero-order valence-electron chi connectivity index (χ0n) is 74.2. The minimum atomic E-state index is -4.97. The fourth-order valence-electron chi connectivity index (χ4n) is 14.6. The number of phosphoric ester groups is 2. The number of aliphatic hydroxyl groups excluding tert-OH is 1. The molecule has 3 unspecified atom stereocenters. The third-order valence-corrected chi connectivity index (χ3v) is 24.1. The number of carbonyl (C=O) groups is 4. The highest BCUT2D eigenvalue weighted by Crippen LogP contribution is 2.45. The van der Waals surface area contributed by atoms with Gasteiger partial charge in [0.25, 0.3) is 0 Å². The molecule has 17 nitrogen and oxygen atoms in total. The Morgan fingerprint density at radius 2 is 0.455 bits per heavy atom. The summed E-state index contributed by atoms with van der Waals surface area (Å²) in [7, 11) is -9.94. The number of unbranched alkanes of at least 4 members (excludes halogenated alkanes) is 58. The normalized spacial score (nSPS) is 14.0. The van der Waals surface area contributed by atoms with Gasteiger partial charge in [0, 0.05) is 25.7 Å². The van der Waals surface area contributed by atoms with Crippen molar-refractivity contribution < 1.29 is 80.2 Å². The Morgan fingerprint density at radius 1 is 0.259 bits per heavy atom. The molecule has 0 fully saturated rings. The minimum absolute atomic E-state index is 0.108. The molecule has 666 valence electrons. The summed E-state index contributed by atoms with van der Waals surface area (Å²) in [6.07, 6.45) is 76.8. The van der Waals surface area contributed by atoms with Crippen LogP contribution in [-0.2, 0) is 65.4 Å². The van der Waals surface area contributed by atoms with Crippen molar-refractivity contribution in [1.29, 1.82) is 0 Å². The monoisotopic (exact) mass is 1630 g/mol. The fraction of sp³-hybridized carbons (Fsp3) is 0.957. The lowest BCUT2D eigenvalue weighted by Gasteiger charge is -2.21. The van der Waals surface area contributed by atoms with E-state index in [1.807, 2.05) is 0 Å². The lowest BCUT2D eigenvalue weighted by Crippen LogP contribution is -2.30. The Hall–Kier alpha value is -1.94. The van der Waals surface area contributed by atoms with Crippen LogP contribution in [-0.4, -0.2) is 96.7 Å². The van der Waals surface area contributed by atoms with E-state index in [9.17, 15) is 43.2 Å². The molecule has 0 aromatic carbocycles. The molecule has 0 aliphatic carbocycles. The van der Waals surface area contributed by atoms with E-state index in [0.29, 0.717) is 31.6 Å². The Morgan fingerprint density at radius 3 is 0.679 bits per heavy atom. The van der Waals surface area contributed by atoms with Crippen LogP contribution in [0.2, 0.25) is 0 Å². The number of hydrogen-bond donors (Lipinski definition) is 3. The minimum Gasteiger partial charge on any atom is -0.462 e. The Bertz CT molecular complexity index is 2150. The number of rotatable bonds is 91. The lowest BCUT2D eigenvalue weighted by molar-refractivity contribution is -0.161. The first-order valence-corrected chi connectivity index (χ1v) is 50.9. The summed E-state index contributed by atoms with van der Waals surface area (Å²) in [6, 6.07) is 0. The van der Waals surface area contributed by atoms with Gasteiger partial charge >= 0.3 is 39.5 Å². The second-order valence-corrected chi connectivity index (χ2v) is 37.5. The highest BCUT2D eigenvalue weighted by atomic mass is 31.2. The predicted octanol–water partition coefficient (Wildman–Crippen LogP) is 28.8. The molecule has 112 heavy (non-hydrogen) atoms. The maximum Gasteiger partial charge on any atom is 0.472 e. The summed E-state index contributed by atoms with van der Waals surface area (Å²) in [5, 5.41) is 10.7. The first-order chi connectivity index (χ1) is 54.3. The topological polar surface area (TPSA) is 237 Å². The fourth-order valence-corrected chi connectivity index (χ4v) is 16.2. The van der Waals surface area contributed by atoms with Crippen molar-refractivity contribution in [3.63, 3.8) is 0 Å². The van der Waals surface area contributed by atoms with Crippen molar-refractivity contribution in [1.82, 2.24) is 0 Å². The van der Waals surface area contributed by atoms with Gasteiger partial charge in [-0.25, -0.2) is 9.13 Å². The average molecular weight is 1630 g/mol. The first kappa shape index (κ1) is 110. The van der Waals surface area contributed by atoms with E-state index in [4.69, 9.17) is 37.0 Å². The van der Waals surface area contributed by atoms with Gasteiger partial charge in [-0.15, -0.1) is 0 Å². The number of esters is 4. The molecule has 0 aromatic heterocycles. The molecule has 0 rings (SSSR count). The number of aliphatic hydroxyl groups is 1. The lowest BCUT2D eigenvalue weighted by atomic mass is 9.99. The Labute approximate surface area is 689 Å². The molecular weight excluding hydrogens is 1450 g/mol. The number of ether oxygens (including phenoxy) is 4. The van der Waals surface area contributed by atoms with E-state index in [-0.39, 0.29) is 25.7 Å². The predicted molar refractivity (Wildman–Crippen MR) is 465 cm³/mol. The third-order valence-electron chi connectivity index (χ3n) is 22.2. The zero-order chi connectivity index (χ0) is 82.2. The van der Waals surface area contributed by atoms with Gasteiger partial charge in [0.15, 0.2) is 12.2 Å². The van der Waals surface area contributed by atoms with Gasteiger partial charge in [0.2, 0.25) is 0 Å². The van der Waals surface area contributed by atoms with Crippen molar-refractivity contribution in [3.05, 3.63) is 0 Å². The maximum atomic E-state index is 13.2. The van der Waals surface area contributed by atoms with E-state index in [0.717, 1.165) is 108 Å². The summed E-state index contributed by atoms with van der Waals surface area (Å²) in [5.74, 6) is 0.274. The second-order valence-electron chi connectivity index (χ2n) is 34.6. The molecule has 0 saturated carbocycles. The van der Waals surface area contributed by atoms with Crippen molar-refractivity contribution in [2.75, 3.05) is 39.6 Å². The van der Waals surface area contributed by atoms with Crippen molar-refractivity contribution >= 4 is 39.5 Å². The molecule has 0 aliphatic heterocycles. The second kappa shape index (κ2) is 82.7. The summed E-state index contributed by atoms with van der Waals surface area (Å²) in [5.41, 5.74) is 0. The van der Waals surface area contributed by atoms with Crippen LogP contribution in [0.4, 0.5) is 0 Å². The summed E-state index contributed by atoms with van der Waals surface area (Å²) in [6.45, 7) is 12.0. The van der Waals surface area contributed by atoms with Crippen molar-refractivity contribution in [2.24, 2.45) is 17.8 Å². The van der Waals surface area contributed by atoms with Crippen LogP contribution in [0.5, 0.6) is 0 Å². The number of hydrogen-bond acceptors (Lipinski definition) is 15. The van der Waals surface area contributed by atoms with E-state index >= 15 is 0 Å². The van der Waals surface area contributed by atoms with Gasteiger partial charge in [-0.1, -0.05) is 447 Å². The molecule has 0 aliphatic rings. The van der Waals surface area contributed by atoms with Crippen LogP contribution in [0.25, 0.3) is 0 Å². The van der Waals surface area contributed by atoms with E-state index in [1.165, 1.54) is 302 Å². The SMILES string of the molecule is CCCCCCCCCCCCCCCCCCCCCCC(=O)O[C@H](COC(=O)CCCCCCCCC(C)C)COP(=O)(O)OC[C@H](O)COP(=O)(O)OC[C@@H](COC(=O)CCCCCCCCCCCCCCCCCCCCC(C)C)OC(=O)CCCCCCCCCCCCCCCCCCCCC(C)CC. The van der Waals surface area contributed by atoms with Crippen LogP contribution in [0.15, 0.2) is 0 Å². The van der Waals surface area contributed by atoms with Gasteiger partial charge in [-0.3, -0.25) is 37.3 Å². The van der Waals surface area contributed by atoms with Crippen LogP contribution in [0.3, 0.4) is 0 Å². The highest BCUT2D eigenvalue weighted by Gasteiger charge is 2.31. The molecule has 0 aromatic rings. The van der Waals surface area contributed by atoms with Gasteiger partial charge in [0.1, 0.15) is 19.3 Å². The molecule has 0 amide bonds. The van der Waals surface area contributed by atoms with E-state index in [1.54, 1.807) is 0 Å². The first-order valence-electron chi connectivity index (χ1n) is 47.9.